The van der Waals surface area contributed by atoms with Crippen molar-refractivity contribution in [1.29, 1.82) is 0 Å². The van der Waals surface area contributed by atoms with Gasteiger partial charge in [-0.3, -0.25) is 9.59 Å². The Hall–Kier alpha value is -2.12. The fourth-order valence-electron chi connectivity index (χ4n) is 9.07. The van der Waals surface area contributed by atoms with Gasteiger partial charge in [0.15, 0.2) is 0 Å². The van der Waals surface area contributed by atoms with Gasteiger partial charge in [-0.2, -0.15) is 0 Å². The molecular weight excluding hydrogens is 588 g/mol. The van der Waals surface area contributed by atoms with E-state index in [2.05, 4.69) is 66.0 Å². The number of esters is 2. The highest BCUT2D eigenvalue weighted by molar-refractivity contribution is 5.91. The Morgan fingerprint density at radius 2 is 1.13 bits per heavy atom. The Balaban J connectivity index is 1.61. The van der Waals surface area contributed by atoms with E-state index in [0.29, 0.717) is 24.4 Å². The van der Waals surface area contributed by atoms with Crippen LogP contribution in [0.3, 0.4) is 0 Å². The molecule has 1 aromatic carbocycles. The summed E-state index contributed by atoms with van der Waals surface area (Å²) < 4.78 is 11.1. The van der Waals surface area contributed by atoms with Crippen LogP contribution in [0.1, 0.15) is 159 Å². The van der Waals surface area contributed by atoms with Gasteiger partial charge in [-0.25, -0.2) is 0 Å². The zero-order valence-corrected chi connectivity index (χ0v) is 32.3. The van der Waals surface area contributed by atoms with Crippen molar-refractivity contribution >= 4 is 11.9 Å². The van der Waals surface area contributed by atoms with Crippen molar-refractivity contribution in [2.45, 2.75) is 181 Å². The Bertz CT molecular complexity index is 1160. The number of phenols is 1. The lowest BCUT2D eigenvalue weighted by Gasteiger charge is -2.54. The molecule has 2 saturated heterocycles. The largest absolute Gasteiger partial charge is 0.507 e. The number of rotatable bonds is 10. The summed E-state index contributed by atoms with van der Waals surface area (Å²) in [7, 11) is 0. The molecular formula is C40H68N2O5. The highest BCUT2D eigenvalue weighted by Crippen LogP contribution is 2.47. The molecule has 0 saturated carbocycles. The van der Waals surface area contributed by atoms with Crippen molar-refractivity contribution in [2.24, 2.45) is 17.8 Å². The first kappa shape index (κ1) is 39.3. The number of ether oxygens (including phenoxy) is 2. The van der Waals surface area contributed by atoms with Crippen LogP contribution in [0.5, 0.6) is 5.75 Å². The van der Waals surface area contributed by atoms with Crippen LogP contribution in [0.4, 0.5) is 0 Å². The van der Waals surface area contributed by atoms with Gasteiger partial charge >= 0.3 is 11.9 Å². The number of carbonyl (C=O) groups excluding carboxylic acids is 2. The molecule has 3 N–H and O–H groups in total. The SMILES string of the molecule is CC1(C)CC(C(CCCOC(=O)CC(=O)OCc2cc(C(C)(C)C)c(O)c(C(C)(C)C)c2)C2CC(C)(C)NC(C)(C)C2)CC(C)(C)N1. The molecule has 0 spiro atoms. The molecule has 0 amide bonds. The van der Waals surface area contributed by atoms with Crippen LogP contribution in [0.25, 0.3) is 0 Å². The van der Waals surface area contributed by atoms with Crippen molar-refractivity contribution in [1.82, 2.24) is 10.6 Å². The fraction of sp³-hybridized carbons (Fsp3) is 0.800. The lowest BCUT2D eigenvalue weighted by Crippen LogP contribution is -2.61. The third kappa shape index (κ3) is 11.5. The van der Waals surface area contributed by atoms with Gasteiger partial charge < -0.3 is 25.2 Å². The van der Waals surface area contributed by atoms with Gasteiger partial charge in [-0.05, 0) is 151 Å². The van der Waals surface area contributed by atoms with E-state index < -0.39 is 18.4 Å². The molecule has 47 heavy (non-hydrogen) atoms. The lowest BCUT2D eigenvalue weighted by molar-refractivity contribution is -0.155. The number of hydrogen-bond acceptors (Lipinski definition) is 7. The van der Waals surface area contributed by atoms with Crippen LogP contribution in [0.2, 0.25) is 0 Å². The summed E-state index contributed by atoms with van der Waals surface area (Å²) in [6, 6.07) is 3.78. The second-order valence-electron chi connectivity index (χ2n) is 19.5. The first-order valence-corrected chi connectivity index (χ1v) is 18.0. The fourth-order valence-corrected chi connectivity index (χ4v) is 9.07. The van der Waals surface area contributed by atoms with Gasteiger partial charge in [0.25, 0.3) is 0 Å². The molecule has 3 rings (SSSR count). The third-order valence-electron chi connectivity index (χ3n) is 10.1. The number of hydrogen-bond donors (Lipinski definition) is 3. The van der Waals surface area contributed by atoms with Crippen LogP contribution in [-0.4, -0.2) is 45.8 Å². The van der Waals surface area contributed by atoms with E-state index in [1.807, 2.05) is 53.7 Å². The summed E-state index contributed by atoms with van der Waals surface area (Å²) in [6.45, 7) is 31.2. The van der Waals surface area contributed by atoms with Crippen LogP contribution in [0, 0.1) is 17.8 Å². The van der Waals surface area contributed by atoms with Crippen LogP contribution in [-0.2, 0) is 36.5 Å². The molecule has 2 aliphatic rings. The molecule has 1 aromatic rings. The molecule has 7 nitrogen and oxygen atoms in total. The maximum absolute atomic E-state index is 12.7. The van der Waals surface area contributed by atoms with Crippen LogP contribution >= 0.6 is 0 Å². The average molecular weight is 657 g/mol. The molecule has 7 heteroatoms. The first-order chi connectivity index (χ1) is 21.2. The third-order valence-corrected chi connectivity index (χ3v) is 10.1. The summed E-state index contributed by atoms with van der Waals surface area (Å²) >= 11 is 0. The zero-order chi connectivity index (χ0) is 35.8. The minimum absolute atomic E-state index is 0.0338. The molecule has 2 fully saturated rings. The number of benzene rings is 1. The average Bonchev–Trinajstić information content (AvgIpc) is 2.82. The van der Waals surface area contributed by atoms with Gasteiger partial charge in [-0.1, -0.05) is 41.5 Å². The molecule has 0 aromatic heterocycles. The van der Waals surface area contributed by atoms with Crippen molar-refractivity contribution in [3.05, 3.63) is 28.8 Å². The van der Waals surface area contributed by atoms with Gasteiger partial charge in [0.05, 0.1) is 6.61 Å². The summed E-state index contributed by atoms with van der Waals surface area (Å²) in [5.74, 6) is 0.829. The summed E-state index contributed by atoms with van der Waals surface area (Å²) in [4.78, 5) is 25.4. The second-order valence-corrected chi connectivity index (χ2v) is 19.5. The standard InChI is InChI=1S/C40H68N2O5/c1-35(2,3)30-18-26(19-31(34(30)45)36(4,5)6)25-47-33(44)20-32(43)46-17-15-16-29(27-21-37(7,8)41-38(9,10)22-27)28-23-39(11,12)42-40(13,14)24-28/h18-19,27-29,41-42,45H,15-17,20-25H2,1-14H3. The van der Waals surface area contributed by atoms with Gasteiger partial charge in [0.2, 0.25) is 0 Å². The van der Waals surface area contributed by atoms with E-state index in [4.69, 9.17) is 9.47 Å². The molecule has 0 bridgehead atoms. The first-order valence-electron chi connectivity index (χ1n) is 18.0. The molecule has 268 valence electrons. The maximum atomic E-state index is 12.7. The van der Waals surface area contributed by atoms with Gasteiger partial charge in [-0.15, -0.1) is 0 Å². The monoisotopic (exact) mass is 657 g/mol. The molecule has 2 aliphatic heterocycles. The number of phenolic OH excluding ortho intramolecular Hbond substituents is 1. The van der Waals surface area contributed by atoms with Crippen LogP contribution < -0.4 is 10.6 Å². The van der Waals surface area contributed by atoms with Crippen molar-refractivity contribution in [3.8, 4) is 5.75 Å². The number of aromatic hydroxyl groups is 1. The van der Waals surface area contributed by atoms with Crippen molar-refractivity contribution in [3.63, 3.8) is 0 Å². The van der Waals surface area contributed by atoms with E-state index in [0.717, 1.165) is 55.2 Å². The molecule has 0 aliphatic carbocycles. The van der Waals surface area contributed by atoms with E-state index in [-0.39, 0.29) is 45.3 Å². The minimum Gasteiger partial charge on any atom is -0.507 e. The summed E-state index contributed by atoms with van der Waals surface area (Å²) in [5, 5.41) is 18.7. The number of nitrogens with one attached hydrogen (secondary N) is 2. The van der Waals surface area contributed by atoms with Crippen molar-refractivity contribution < 1.29 is 24.2 Å². The van der Waals surface area contributed by atoms with E-state index in [1.165, 1.54) is 0 Å². The van der Waals surface area contributed by atoms with Gasteiger partial charge in [0.1, 0.15) is 18.8 Å². The molecule has 0 unspecified atom stereocenters. The molecule has 2 heterocycles. The molecule has 0 atom stereocenters. The minimum atomic E-state index is -0.603. The second kappa shape index (κ2) is 14.0. The van der Waals surface area contributed by atoms with Gasteiger partial charge in [0, 0.05) is 22.2 Å². The maximum Gasteiger partial charge on any atom is 0.317 e. The predicted octanol–water partition coefficient (Wildman–Crippen LogP) is 8.47. The number of piperidine rings is 2. The number of carbonyl (C=O) groups is 2. The predicted molar refractivity (Wildman–Crippen MR) is 192 cm³/mol. The Labute approximate surface area is 286 Å². The smallest absolute Gasteiger partial charge is 0.317 e. The summed E-state index contributed by atoms with van der Waals surface area (Å²) in [5.41, 5.74) is 2.11. The Kier molecular flexibility index (Phi) is 11.7. The highest BCUT2D eigenvalue weighted by atomic mass is 16.6. The quantitative estimate of drug-likeness (QED) is 0.132. The highest BCUT2D eigenvalue weighted by Gasteiger charge is 2.46. The van der Waals surface area contributed by atoms with E-state index in [9.17, 15) is 14.7 Å². The van der Waals surface area contributed by atoms with Crippen molar-refractivity contribution in [2.75, 3.05) is 6.61 Å². The van der Waals surface area contributed by atoms with E-state index in [1.54, 1.807) is 0 Å². The normalized spacial score (nSPS) is 21.4. The van der Waals surface area contributed by atoms with Crippen LogP contribution in [0.15, 0.2) is 12.1 Å². The van der Waals surface area contributed by atoms with E-state index >= 15 is 0 Å². The Morgan fingerprint density at radius 1 is 0.745 bits per heavy atom. The summed E-state index contributed by atoms with van der Waals surface area (Å²) in [6.07, 6.45) is 5.89. The topological polar surface area (TPSA) is 96.9 Å². The Morgan fingerprint density at radius 3 is 1.51 bits per heavy atom. The lowest BCUT2D eigenvalue weighted by atomic mass is 9.61. The zero-order valence-electron chi connectivity index (χ0n) is 32.3. The molecule has 0 radical (unpaired) electrons.